The number of amides is 1. The SMILES string of the molecule is CN(C)CCCN1C(=O)C(Cl)(Cl)C1c1ccc2ccccc2c1.Cl. The summed E-state index contributed by atoms with van der Waals surface area (Å²) in [4.78, 5) is 16.1. The normalized spacial score (nSPS) is 19.3. The van der Waals surface area contributed by atoms with Gasteiger partial charge < -0.3 is 9.80 Å². The molecule has 1 aliphatic heterocycles. The highest BCUT2D eigenvalue weighted by atomic mass is 35.5. The fourth-order valence-electron chi connectivity index (χ4n) is 3.11. The number of benzene rings is 2. The lowest BCUT2D eigenvalue weighted by molar-refractivity contribution is -0.148. The van der Waals surface area contributed by atoms with E-state index in [-0.39, 0.29) is 24.4 Å². The van der Waals surface area contributed by atoms with Crippen molar-refractivity contribution in [2.75, 3.05) is 27.2 Å². The maximum atomic E-state index is 12.3. The zero-order valence-electron chi connectivity index (χ0n) is 13.7. The van der Waals surface area contributed by atoms with Gasteiger partial charge in [-0.05, 0) is 49.5 Å². The Morgan fingerprint density at radius 2 is 1.79 bits per heavy atom. The molecule has 1 fully saturated rings. The van der Waals surface area contributed by atoms with E-state index in [1.807, 2.05) is 32.3 Å². The first-order chi connectivity index (χ1) is 10.9. The van der Waals surface area contributed by atoms with Crippen LogP contribution in [0.4, 0.5) is 0 Å². The number of hydrogen-bond donors (Lipinski definition) is 0. The number of rotatable bonds is 5. The molecule has 6 heteroatoms. The van der Waals surface area contributed by atoms with Gasteiger partial charge in [0.25, 0.3) is 5.91 Å². The molecule has 2 aromatic rings. The van der Waals surface area contributed by atoms with Crippen LogP contribution in [0.3, 0.4) is 0 Å². The van der Waals surface area contributed by atoms with Gasteiger partial charge in [-0.3, -0.25) is 4.79 Å². The molecule has 1 atom stereocenters. The van der Waals surface area contributed by atoms with Gasteiger partial charge in [0.05, 0.1) is 6.04 Å². The van der Waals surface area contributed by atoms with E-state index in [0.717, 1.165) is 29.3 Å². The van der Waals surface area contributed by atoms with Gasteiger partial charge in [-0.2, -0.15) is 0 Å². The molecule has 0 saturated carbocycles. The number of hydrogen-bond acceptors (Lipinski definition) is 2. The van der Waals surface area contributed by atoms with Gasteiger partial charge in [-0.15, -0.1) is 12.4 Å². The summed E-state index contributed by atoms with van der Waals surface area (Å²) in [5.41, 5.74) is 0.984. The molecule has 0 aliphatic carbocycles. The third-order valence-electron chi connectivity index (χ3n) is 4.29. The highest BCUT2D eigenvalue weighted by Gasteiger charge is 2.59. The highest BCUT2D eigenvalue weighted by molar-refractivity contribution is 6.60. The molecule has 24 heavy (non-hydrogen) atoms. The predicted octanol–water partition coefficient (Wildman–Crippen LogP) is 4.27. The van der Waals surface area contributed by atoms with Crippen LogP contribution >= 0.6 is 35.6 Å². The lowest BCUT2D eigenvalue weighted by atomic mass is 9.91. The molecule has 0 spiro atoms. The van der Waals surface area contributed by atoms with E-state index >= 15 is 0 Å². The van der Waals surface area contributed by atoms with Gasteiger partial charge in [-0.1, -0.05) is 59.6 Å². The van der Waals surface area contributed by atoms with Crippen LogP contribution in [0.2, 0.25) is 0 Å². The van der Waals surface area contributed by atoms with E-state index < -0.39 is 4.33 Å². The Kier molecular flexibility index (Phi) is 6.03. The molecule has 1 aliphatic rings. The molecule has 0 N–H and O–H groups in total. The van der Waals surface area contributed by atoms with Crippen LogP contribution in [0.15, 0.2) is 42.5 Å². The fraction of sp³-hybridized carbons (Fsp3) is 0.389. The van der Waals surface area contributed by atoms with Crippen LogP contribution in [0.25, 0.3) is 10.8 Å². The Balaban J connectivity index is 0.00000208. The summed E-state index contributed by atoms with van der Waals surface area (Å²) in [7, 11) is 4.04. The molecule has 1 unspecified atom stereocenters. The zero-order valence-corrected chi connectivity index (χ0v) is 16.0. The third-order valence-corrected chi connectivity index (χ3v) is 5.03. The Bertz CT molecular complexity index is 733. The van der Waals surface area contributed by atoms with Crippen molar-refractivity contribution in [1.29, 1.82) is 0 Å². The van der Waals surface area contributed by atoms with Gasteiger partial charge in [0.2, 0.25) is 4.33 Å². The first kappa shape index (κ1) is 19.3. The van der Waals surface area contributed by atoms with Gasteiger partial charge in [0.15, 0.2) is 0 Å². The molecule has 0 aromatic heterocycles. The molecule has 2 aromatic carbocycles. The predicted molar refractivity (Wildman–Crippen MR) is 103 cm³/mol. The monoisotopic (exact) mass is 386 g/mol. The van der Waals surface area contributed by atoms with Gasteiger partial charge in [-0.25, -0.2) is 0 Å². The molecular weight excluding hydrogens is 367 g/mol. The number of carbonyl (C=O) groups is 1. The second kappa shape index (κ2) is 7.49. The second-order valence-electron chi connectivity index (χ2n) is 6.29. The molecule has 1 heterocycles. The van der Waals surface area contributed by atoms with Gasteiger partial charge in [0, 0.05) is 6.54 Å². The third kappa shape index (κ3) is 3.50. The van der Waals surface area contributed by atoms with Crippen LogP contribution in [0, 0.1) is 0 Å². The summed E-state index contributed by atoms with van der Waals surface area (Å²) in [6.45, 7) is 1.58. The molecule has 1 amide bonds. The largest absolute Gasteiger partial charge is 0.329 e. The molecule has 1 saturated heterocycles. The average Bonchev–Trinajstić information content (AvgIpc) is 2.52. The Morgan fingerprint density at radius 3 is 2.46 bits per heavy atom. The number of likely N-dealkylation sites (tertiary alicyclic amines) is 1. The van der Waals surface area contributed by atoms with Crippen molar-refractivity contribution in [3.8, 4) is 0 Å². The lowest BCUT2D eigenvalue weighted by Gasteiger charge is -2.49. The molecule has 0 bridgehead atoms. The van der Waals surface area contributed by atoms with Crippen LogP contribution in [-0.4, -0.2) is 47.2 Å². The summed E-state index contributed by atoms with van der Waals surface area (Å²) >= 11 is 12.6. The van der Waals surface area contributed by atoms with E-state index in [1.165, 1.54) is 0 Å². The minimum atomic E-state index is -1.36. The van der Waals surface area contributed by atoms with E-state index in [9.17, 15) is 4.79 Å². The molecular formula is C18H21Cl3N2O. The summed E-state index contributed by atoms with van der Waals surface area (Å²) in [6.07, 6.45) is 0.896. The van der Waals surface area contributed by atoms with Crippen LogP contribution < -0.4 is 0 Å². The minimum Gasteiger partial charge on any atom is -0.329 e. The van der Waals surface area contributed by atoms with E-state index in [1.54, 1.807) is 4.90 Å². The summed E-state index contributed by atoms with van der Waals surface area (Å²) in [5.74, 6) is -0.197. The topological polar surface area (TPSA) is 23.6 Å². The van der Waals surface area contributed by atoms with Crippen molar-refractivity contribution in [3.63, 3.8) is 0 Å². The van der Waals surface area contributed by atoms with E-state index in [4.69, 9.17) is 23.2 Å². The fourth-order valence-corrected chi connectivity index (χ4v) is 3.82. The number of carbonyl (C=O) groups excluding carboxylic acids is 1. The number of fused-ring (bicyclic) bond motifs is 1. The summed E-state index contributed by atoms with van der Waals surface area (Å²) in [6, 6.07) is 14.0. The van der Waals surface area contributed by atoms with Crippen molar-refractivity contribution in [3.05, 3.63) is 48.0 Å². The zero-order chi connectivity index (χ0) is 16.6. The van der Waals surface area contributed by atoms with Crippen LogP contribution in [0.1, 0.15) is 18.0 Å². The average molecular weight is 388 g/mol. The molecule has 3 rings (SSSR count). The standard InChI is InChI=1S/C18H20Cl2N2O.ClH/c1-21(2)10-5-11-22-16(18(19,20)17(22)23)15-9-8-13-6-3-4-7-14(13)12-15;/h3-4,6-9,12,16H,5,10-11H2,1-2H3;1H. The number of β-lactam (4-membered cyclic amide) rings is 1. The first-order valence-corrected chi connectivity index (χ1v) is 8.49. The van der Waals surface area contributed by atoms with Crippen molar-refractivity contribution >= 4 is 52.3 Å². The summed E-state index contributed by atoms with van der Waals surface area (Å²) < 4.78 is -1.36. The maximum Gasteiger partial charge on any atom is 0.262 e. The molecule has 0 radical (unpaired) electrons. The Hall–Kier alpha value is -1.00. The van der Waals surface area contributed by atoms with E-state index in [0.29, 0.717) is 6.54 Å². The number of nitrogens with zero attached hydrogens (tertiary/aromatic N) is 2. The van der Waals surface area contributed by atoms with Crippen molar-refractivity contribution in [2.45, 2.75) is 16.8 Å². The van der Waals surface area contributed by atoms with Gasteiger partial charge in [0.1, 0.15) is 0 Å². The maximum absolute atomic E-state index is 12.3. The first-order valence-electron chi connectivity index (χ1n) is 7.73. The van der Waals surface area contributed by atoms with Crippen LogP contribution in [0.5, 0.6) is 0 Å². The summed E-state index contributed by atoms with van der Waals surface area (Å²) in [5, 5.41) is 2.29. The number of alkyl halides is 2. The van der Waals surface area contributed by atoms with Gasteiger partial charge >= 0.3 is 0 Å². The van der Waals surface area contributed by atoms with Crippen molar-refractivity contribution in [1.82, 2.24) is 9.80 Å². The molecule has 130 valence electrons. The van der Waals surface area contributed by atoms with E-state index in [2.05, 4.69) is 29.2 Å². The number of halogens is 3. The van der Waals surface area contributed by atoms with Crippen LogP contribution in [-0.2, 0) is 4.79 Å². The van der Waals surface area contributed by atoms with Crippen molar-refractivity contribution in [2.24, 2.45) is 0 Å². The quantitative estimate of drug-likeness (QED) is 0.565. The molecule has 3 nitrogen and oxygen atoms in total. The smallest absolute Gasteiger partial charge is 0.262 e. The highest BCUT2D eigenvalue weighted by Crippen LogP contribution is 2.51. The Labute approximate surface area is 158 Å². The second-order valence-corrected chi connectivity index (χ2v) is 7.67. The minimum absolute atomic E-state index is 0. The lowest BCUT2D eigenvalue weighted by Crippen LogP contribution is -2.62. The van der Waals surface area contributed by atoms with Crippen molar-refractivity contribution < 1.29 is 4.79 Å². The Morgan fingerprint density at radius 1 is 1.12 bits per heavy atom.